The van der Waals surface area contributed by atoms with Crippen LogP contribution >= 0.6 is 11.3 Å². The summed E-state index contributed by atoms with van der Waals surface area (Å²) in [6.45, 7) is 5.03. The Morgan fingerprint density at radius 3 is 2.83 bits per heavy atom. The Morgan fingerprint density at radius 1 is 1.29 bits per heavy atom. The SMILES string of the molecule is C[C@]1(c2ccc(C#N)cc2F)Oc2cccc(C3=CCN(Cc4nc5sc(C(=O)O)nc5n4C[C@@H]4CCO4)CC3)c2O1. The Kier molecular flexibility index (Phi) is 6.46. The molecule has 3 aliphatic rings. The predicted molar refractivity (Wildman–Crippen MR) is 151 cm³/mol. The van der Waals surface area contributed by atoms with E-state index < -0.39 is 17.6 Å². The van der Waals surface area contributed by atoms with Crippen molar-refractivity contribution >= 4 is 33.4 Å². The number of thiazole rings is 1. The molecule has 214 valence electrons. The lowest BCUT2D eigenvalue weighted by molar-refractivity contribution is -0.0708. The number of carbonyl (C=O) groups is 1. The minimum atomic E-state index is -1.36. The number of para-hydroxylation sites is 1. The van der Waals surface area contributed by atoms with Gasteiger partial charge in [0.2, 0.25) is 5.01 Å². The summed E-state index contributed by atoms with van der Waals surface area (Å²) in [4.78, 5) is 23.5. The van der Waals surface area contributed by atoms with Crippen molar-refractivity contribution in [1.82, 2.24) is 19.4 Å². The highest BCUT2D eigenvalue weighted by molar-refractivity contribution is 7.19. The number of rotatable bonds is 7. The summed E-state index contributed by atoms with van der Waals surface area (Å²) in [5.41, 5.74) is 3.05. The number of hydrogen-bond acceptors (Lipinski definition) is 9. The van der Waals surface area contributed by atoms with Crippen LogP contribution < -0.4 is 9.47 Å². The molecule has 4 aromatic rings. The number of carboxylic acids is 1. The average molecular weight is 588 g/mol. The number of carboxylic acid groups (broad SMARTS) is 1. The largest absolute Gasteiger partial charge is 0.476 e. The fourth-order valence-electron chi connectivity index (χ4n) is 5.63. The summed E-state index contributed by atoms with van der Waals surface area (Å²) >= 11 is 1.09. The number of aromatic carboxylic acids is 1. The molecule has 12 heteroatoms. The molecule has 5 heterocycles. The standard InChI is InChI=1S/C30H26FN5O5S/c1-30(21-6-5-17(14-32)13-22(21)31)40-23-4-2-3-20(25(23)41-30)18-7-10-35(11-8-18)16-24-33-27-26(34-28(42-27)29(37)38)36(24)15-19-9-12-39-19/h2-7,13,19H,8-12,15-16H2,1H3,(H,37,38)/t19-,30-/m0/s1. The molecule has 42 heavy (non-hydrogen) atoms. The number of fused-ring (bicyclic) bond motifs is 2. The van der Waals surface area contributed by atoms with Crippen LogP contribution in [-0.4, -0.2) is 56.3 Å². The molecular formula is C30H26FN5O5S. The first-order valence-corrected chi connectivity index (χ1v) is 14.5. The van der Waals surface area contributed by atoms with Crippen molar-refractivity contribution in [2.24, 2.45) is 0 Å². The van der Waals surface area contributed by atoms with Crippen LogP contribution in [0.1, 0.15) is 52.1 Å². The Morgan fingerprint density at radius 2 is 2.14 bits per heavy atom. The number of benzene rings is 2. The van der Waals surface area contributed by atoms with Gasteiger partial charge in [-0.2, -0.15) is 5.26 Å². The van der Waals surface area contributed by atoms with Crippen molar-refractivity contribution in [2.45, 2.75) is 44.7 Å². The van der Waals surface area contributed by atoms with Gasteiger partial charge in [0.1, 0.15) is 11.6 Å². The van der Waals surface area contributed by atoms with Gasteiger partial charge < -0.3 is 23.9 Å². The Balaban J connectivity index is 1.10. The lowest BCUT2D eigenvalue weighted by Crippen LogP contribution is -2.34. The molecule has 2 aromatic heterocycles. The lowest BCUT2D eigenvalue weighted by atomic mass is 9.98. The second kappa shape index (κ2) is 10.2. The number of halogens is 1. The molecule has 0 amide bonds. The highest BCUT2D eigenvalue weighted by Crippen LogP contribution is 2.49. The van der Waals surface area contributed by atoms with Crippen molar-refractivity contribution < 1.29 is 28.5 Å². The first-order chi connectivity index (χ1) is 20.3. The van der Waals surface area contributed by atoms with E-state index in [1.807, 2.05) is 28.8 Å². The van der Waals surface area contributed by atoms with Gasteiger partial charge in [0.15, 0.2) is 22.0 Å². The second-order valence-corrected chi connectivity index (χ2v) is 11.7. The summed E-state index contributed by atoms with van der Waals surface area (Å²) in [7, 11) is 0. The first kappa shape index (κ1) is 26.6. The number of imidazole rings is 1. The van der Waals surface area contributed by atoms with E-state index in [9.17, 15) is 14.3 Å². The van der Waals surface area contributed by atoms with E-state index >= 15 is 0 Å². The van der Waals surface area contributed by atoms with Gasteiger partial charge in [-0.3, -0.25) is 4.90 Å². The molecule has 3 aliphatic heterocycles. The molecule has 7 rings (SSSR count). The molecule has 0 bridgehead atoms. The quantitative estimate of drug-likeness (QED) is 0.321. The maximum absolute atomic E-state index is 14.9. The molecule has 0 spiro atoms. The van der Waals surface area contributed by atoms with E-state index in [4.69, 9.17) is 24.5 Å². The molecule has 0 aliphatic carbocycles. The Hall–Kier alpha value is -4.31. The van der Waals surface area contributed by atoms with E-state index in [0.29, 0.717) is 41.6 Å². The van der Waals surface area contributed by atoms with E-state index in [0.717, 1.165) is 54.3 Å². The number of aromatic nitrogens is 3. The maximum Gasteiger partial charge on any atom is 0.365 e. The zero-order chi connectivity index (χ0) is 29.0. The van der Waals surface area contributed by atoms with Crippen LogP contribution in [0.3, 0.4) is 0 Å². The van der Waals surface area contributed by atoms with Gasteiger partial charge in [-0.1, -0.05) is 29.5 Å². The molecule has 1 N–H and O–H groups in total. The summed E-state index contributed by atoms with van der Waals surface area (Å²) in [6.07, 6.45) is 3.94. The monoisotopic (exact) mass is 587 g/mol. The van der Waals surface area contributed by atoms with E-state index in [2.05, 4.69) is 16.0 Å². The van der Waals surface area contributed by atoms with Crippen LogP contribution in [0.25, 0.3) is 16.1 Å². The first-order valence-electron chi connectivity index (χ1n) is 13.6. The molecule has 0 unspecified atom stereocenters. The minimum Gasteiger partial charge on any atom is -0.476 e. The fourth-order valence-corrected chi connectivity index (χ4v) is 6.43. The van der Waals surface area contributed by atoms with Gasteiger partial charge in [0.25, 0.3) is 5.79 Å². The lowest BCUT2D eigenvalue weighted by Gasteiger charge is -2.29. The third-order valence-electron chi connectivity index (χ3n) is 7.92. The van der Waals surface area contributed by atoms with Gasteiger partial charge in [-0.25, -0.2) is 19.2 Å². The van der Waals surface area contributed by atoms with Crippen molar-refractivity contribution in [1.29, 1.82) is 5.26 Å². The van der Waals surface area contributed by atoms with Gasteiger partial charge in [-0.05, 0) is 42.7 Å². The van der Waals surface area contributed by atoms with Gasteiger partial charge in [0.05, 0.1) is 36.4 Å². The molecule has 10 nitrogen and oxygen atoms in total. The molecule has 1 fully saturated rings. The number of nitriles is 1. The normalized spacial score (nSPS) is 21.6. The Bertz CT molecular complexity index is 1810. The Labute approximate surface area is 244 Å². The zero-order valence-corrected chi connectivity index (χ0v) is 23.5. The summed E-state index contributed by atoms with van der Waals surface area (Å²) in [6, 6.07) is 11.9. The van der Waals surface area contributed by atoms with E-state index in [1.165, 1.54) is 12.1 Å². The molecule has 2 aromatic carbocycles. The van der Waals surface area contributed by atoms with E-state index in [-0.39, 0.29) is 22.2 Å². The average Bonchev–Trinajstić information content (AvgIpc) is 3.62. The van der Waals surface area contributed by atoms with Gasteiger partial charge in [0, 0.05) is 32.2 Å². The molecular weight excluding hydrogens is 561 g/mol. The highest BCUT2D eigenvalue weighted by Gasteiger charge is 2.42. The maximum atomic E-state index is 14.9. The highest BCUT2D eigenvalue weighted by atomic mass is 32.1. The fraction of sp³-hybridized carbons (Fsp3) is 0.333. The molecule has 0 saturated carbocycles. The van der Waals surface area contributed by atoms with Crippen molar-refractivity contribution in [2.75, 3.05) is 19.7 Å². The van der Waals surface area contributed by atoms with E-state index in [1.54, 1.807) is 13.0 Å². The van der Waals surface area contributed by atoms with Crippen LogP contribution in [-0.2, 0) is 23.6 Å². The molecule has 0 radical (unpaired) electrons. The third-order valence-corrected chi connectivity index (χ3v) is 8.85. The molecule has 1 saturated heterocycles. The summed E-state index contributed by atoms with van der Waals surface area (Å²) in [5, 5.41) is 18.5. The van der Waals surface area contributed by atoms with Crippen LogP contribution in [0, 0.1) is 17.1 Å². The summed E-state index contributed by atoms with van der Waals surface area (Å²) in [5.74, 6) is -1.03. The van der Waals surface area contributed by atoms with Crippen molar-refractivity contribution in [3.8, 4) is 17.6 Å². The molecule has 2 atom stereocenters. The van der Waals surface area contributed by atoms with Crippen molar-refractivity contribution in [3.05, 3.63) is 75.8 Å². The van der Waals surface area contributed by atoms with Crippen LogP contribution in [0.2, 0.25) is 0 Å². The minimum absolute atomic E-state index is 0.0347. The van der Waals surface area contributed by atoms with Crippen molar-refractivity contribution in [3.63, 3.8) is 0 Å². The zero-order valence-electron chi connectivity index (χ0n) is 22.7. The smallest absolute Gasteiger partial charge is 0.365 e. The number of nitrogens with zero attached hydrogens (tertiary/aromatic N) is 5. The van der Waals surface area contributed by atoms with Crippen LogP contribution in [0.5, 0.6) is 11.5 Å². The second-order valence-electron chi connectivity index (χ2n) is 10.7. The third kappa shape index (κ3) is 4.59. The number of ether oxygens (including phenoxy) is 3. The van der Waals surface area contributed by atoms with Gasteiger partial charge >= 0.3 is 5.97 Å². The van der Waals surface area contributed by atoms with Crippen LogP contribution in [0.4, 0.5) is 4.39 Å². The van der Waals surface area contributed by atoms with Gasteiger partial charge in [-0.15, -0.1) is 0 Å². The predicted octanol–water partition coefficient (Wildman–Crippen LogP) is 4.92. The summed E-state index contributed by atoms with van der Waals surface area (Å²) < 4.78 is 34.9. The topological polar surface area (TPSA) is 123 Å². The van der Waals surface area contributed by atoms with Crippen LogP contribution in [0.15, 0.2) is 42.5 Å². The number of hydrogen-bond donors (Lipinski definition) is 1.